The number of rotatable bonds is 1. The molecule has 0 fully saturated rings. The number of phenolic OH excluding ortho intramolecular Hbond substituents is 1. The van der Waals surface area contributed by atoms with Crippen LogP contribution in [0.3, 0.4) is 0 Å². The maximum absolute atomic E-state index is 13.0. The SMILES string of the molecule is CC(F)c1c[nH]c2cc(O)ccc12. The number of hydrogen-bond acceptors (Lipinski definition) is 1. The third-order valence-corrected chi connectivity index (χ3v) is 2.13. The van der Waals surface area contributed by atoms with Gasteiger partial charge in [-0.15, -0.1) is 0 Å². The third kappa shape index (κ3) is 1.26. The number of aromatic hydroxyl groups is 1. The summed E-state index contributed by atoms with van der Waals surface area (Å²) in [6.45, 7) is 1.50. The van der Waals surface area contributed by atoms with Gasteiger partial charge in [-0.3, -0.25) is 0 Å². The monoisotopic (exact) mass is 179 g/mol. The van der Waals surface area contributed by atoms with Crippen molar-refractivity contribution in [1.29, 1.82) is 0 Å². The summed E-state index contributed by atoms with van der Waals surface area (Å²) in [4.78, 5) is 2.91. The molecule has 1 aromatic heterocycles. The van der Waals surface area contributed by atoms with Gasteiger partial charge in [0.2, 0.25) is 0 Å². The van der Waals surface area contributed by atoms with Gasteiger partial charge in [-0.2, -0.15) is 0 Å². The largest absolute Gasteiger partial charge is 0.508 e. The molecule has 0 bridgehead atoms. The number of alkyl halides is 1. The molecule has 2 nitrogen and oxygen atoms in total. The van der Waals surface area contributed by atoms with E-state index < -0.39 is 6.17 Å². The first-order valence-electron chi connectivity index (χ1n) is 4.12. The third-order valence-electron chi connectivity index (χ3n) is 2.13. The summed E-state index contributed by atoms with van der Waals surface area (Å²) in [6.07, 6.45) is 0.646. The molecule has 2 rings (SSSR count). The van der Waals surface area contributed by atoms with Crippen molar-refractivity contribution in [3.05, 3.63) is 30.0 Å². The zero-order valence-electron chi connectivity index (χ0n) is 7.21. The van der Waals surface area contributed by atoms with Gasteiger partial charge in [0.15, 0.2) is 0 Å². The van der Waals surface area contributed by atoms with Crippen molar-refractivity contribution in [2.24, 2.45) is 0 Å². The molecule has 13 heavy (non-hydrogen) atoms. The summed E-state index contributed by atoms with van der Waals surface area (Å²) in [6, 6.07) is 4.86. The van der Waals surface area contributed by atoms with Crippen LogP contribution < -0.4 is 0 Å². The van der Waals surface area contributed by atoms with Gasteiger partial charge < -0.3 is 10.1 Å². The lowest BCUT2D eigenvalue weighted by Gasteiger charge is -1.98. The van der Waals surface area contributed by atoms with Gasteiger partial charge in [-0.1, -0.05) is 0 Å². The number of aromatic nitrogens is 1. The average molecular weight is 179 g/mol. The molecule has 1 unspecified atom stereocenters. The first-order chi connectivity index (χ1) is 6.18. The Morgan fingerprint density at radius 3 is 2.92 bits per heavy atom. The minimum absolute atomic E-state index is 0.187. The number of hydrogen-bond donors (Lipinski definition) is 2. The van der Waals surface area contributed by atoms with Crippen LogP contribution in [0.2, 0.25) is 0 Å². The highest BCUT2D eigenvalue weighted by Gasteiger charge is 2.09. The maximum atomic E-state index is 13.0. The smallest absolute Gasteiger partial charge is 0.124 e. The molecular weight excluding hydrogens is 169 g/mol. The highest BCUT2D eigenvalue weighted by Crippen LogP contribution is 2.28. The molecule has 0 aliphatic heterocycles. The predicted octanol–water partition coefficient (Wildman–Crippen LogP) is 2.90. The molecule has 0 saturated carbocycles. The van der Waals surface area contributed by atoms with E-state index in [1.165, 1.54) is 6.92 Å². The number of H-pyrrole nitrogens is 1. The van der Waals surface area contributed by atoms with Crippen LogP contribution in [0.15, 0.2) is 24.4 Å². The molecule has 2 N–H and O–H groups in total. The quantitative estimate of drug-likeness (QED) is 0.693. The van der Waals surface area contributed by atoms with E-state index in [9.17, 15) is 4.39 Å². The topological polar surface area (TPSA) is 36.0 Å². The summed E-state index contributed by atoms with van der Waals surface area (Å²) in [5, 5.41) is 9.99. The lowest BCUT2D eigenvalue weighted by atomic mass is 10.1. The molecule has 1 aromatic carbocycles. The Bertz CT molecular complexity index is 433. The summed E-state index contributed by atoms with van der Waals surface area (Å²) < 4.78 is 13.0. The molecule has 0 saturated heterocycles. The Kier molecular flexibility index (Phi) is 1.72. The Hall–Kier alpha value is -1.51. The number of aromatic amines is 1. The fraction of sp³-hybridized carbons (Fsp3) is 0.200. The van der Waals surface area contributed by atoms with Crippen LogP contribution >= 0.6 is 0 Å². The minimum Gasteiger partial charge on any atom is -0.508 e. The van der Waals surface area contributed by atoms with Crippen LogP contribution in [0.4, 0.5) is 4.39 Å². The second-order valence-corrected chi connectivity index (χ2v) is 3.09. The molecular formula is C10H10FNO. The highest BCUT2D eigenvalue weighted by atomic mass is 19.1. The van der Waals surface area contributed by atoms with E-state index in [2.05, 4.69) is 4.98 Å². The normalized spacial score (nSPS) is 13.4. The van der Waals surface area contributed by atoms with Crippen LogP contribution in [0, 0.1) is 0 Å². The Morgan fingerprint density at radius 1 is 1.46 bits per heavy atom. The Morgan fingerprint density at radius 2 is 2.23 bits per heavy atom. The standard InChI is InChI=1S/C10H10FNO/c1-6(11)9-5-12-10-4-7(13)2-3-8(9)10/h2-6,12-13H,1H3. The van der Waals surface area contributed by atoms with E-state index in [4.69, 9.17) is 5.11 Å². The second-order valence-electron chi connectivity index (χ2n) is 3.09. The van der Waals surface area contributed by atoms with Gasteiger partial charge in [0.25, 0.3) is 0 Å². The van der Waals surface area contributed by atoms with Crippen LogP contribution in [0.1, 0.15) is 18.7 Å². The molecule has 1 atom stereocenters. The fourth-order valence-electron chi connectivity index (χ4n) is 1.47. The van der Waals surface area contributed by atoms with Crippen molar-refractivity contribution in [3.8, 4) is 5.75 Å². The fourth-order valence-corrected chi connectivity index (χ4v) is 1.47. The number of halogens is 1. The summed E-state index contributed by atoms with van der Waals surface area (Å²) in [7, 11) is 0. The van der Waals surface area contributed by atoms with E-state index in [1.54, 1.807) is 24.4 Å². The van der Waals surface area contributed by atoms with Crippen molar-refractivity contribution in [2.75, 3.05) is 0 Å². The van der Waals surface area contributed by atoms with Crippen molar-refractivity contribution in [2.45, 2.75) is 13.1 Å². The molecule has 0 amide bonds. The van der Waals surface area contributed by atoms with Crippen LogP contribution in [0.25, 0.3) is 10.9 Å². The molecule has 68 valence electrons. The van der Waals surface area contributed by atoms with E-state index >= 15 is 0 Å². The lowest BCUT2D eigenvalue weighted by molar-refractivity contribution is 0.376. The van der Waals surface area contributed by atoms with Gasteiger partial charge >= 0.3 is 0 Å². The number of benzene rings is 1. The molecule has 0 aliphatic rings. The summed E-state index contributed by atoms with van der Waals surface area (Å²) >= 11 is 0. The molecule has 2 aromatic rings. The summed E-state index contributed by atoms with van der Waals surface area (Å²) in [5.74, 6) is 0.187. The maximum Gasteiger partial charge on any atom is 0.124 e. The van der Waals surface area contributed by atoms with Gasteiger partial charge in [0, 0.05) is 28.7 Å². The Balaban J connectivity index is 2.69. The molecule has 0 radical (unpaired) electrons. The molecule has 0 spiro atoms. The zero-order valence-corrected chi connectivity index (χ0v) is 7.21. The number of phenols is 1. The first kappa shape index (κ1) is 8.10. The van der Waals surface area contributed by atoms with E-state index in [-0.39, 0.29) is 5.75 Å². The van der Waals surface area contributed by atoms with E-state index in [0.29, 0.717) is 5.56 Å². The van der Waals surface area contributed by atoms with E-state index in [1.807, 2.05) is 0 Å². The van der Waals surface area contributed by atoms with Gasteiger partial charge in [0.05, 0.1) is 0 Å². The number of fused-ring (bicyclic) bond motifs is 1. The van der Waals surface area contributed by atoms with Gasteiger partial charge in [0.1, 0.15) is 11.9 Å². The number of nitrogens with one attached hydrogen (secondary N) is 1. The van der Waals surface area contributed by atoms with Gasteiger partial charge in [-0.25, -0.2) is 4.39 Å². The van der Waals surface area contributed by atoms with Crippen LogP contribution in [0.5, 0.6) is 5.75 Å². The lowest BCUT2D eigenvalue weighted by Crippen LogP contribution is -1.80. The van der Waals surface area contributed by atoms with Crippen molar-refractivity contribution in [3.63, 3.8) is 0 Å². The summed E-state index contributed by atoms with van der Waals surface area (Å²) in [5.41, 5.74) is 1.40. The highest BCUT2D eigenvalue weighted by molar-refractivity contribution is 5.84. The van der Waals surface area contributed by atoms with Crippen molar-refractivity contribution in [1.82, 2.24) is 4.98 Å². The van der Waals surface area contributed by atoms with Crippen LogP contribution in [-0.4, -0.2) is 10.1 Å². The Labute approximate surface area is 75.0 Å². The first-order valence-corrected chi connectivity index (χ1v) is 4.12. The average Bonchev–Trinajstić information content (AvgIpc) is 2.46. The molecule has 0 aliphatic carbocycles. The van der Waals surface area contributed by atoms with Gasteiger partial charge in [-0.05, 0) is 19.1 Å². The van der Waals surface area contributed by atoms with Crippen LogP contribution in [-0.2, 0) is 0 Å². The van der Waals surface area contributed by atoms with Crippen molar-refractivity contribution >= 4 is 10.9 Å². The van der Waals surface area contributed by atoms with Crippen molar-refractivity contribution < 1.29 is 9.50 Å². The predicted molar refractivity (Wildman–Crippen MR) is 49.5 cm³/mol. The zero-order chi connectivity index (χ0) is 9.42. The van der Waals surface area contributed by atoms with E-state index in [0.717, 1.165) is 10.9 Å². The molecule has 1 heterocycles. The molecule has 3 heteroatoms. The minimum atomic E-state index is -0.988. The second kappa shape index (κ2) is 2.76.